The highest BCUT2D eigenvalue weighted by atomic mass is 32.1. The van der Waals surface area contributed by atoms with Gasteiger partial charge in [-0.25, -0.2) is 4.98 Å². The van der Waals surface area contributed by atoms with E-state index in [0.29, 0.717) is 12.0 Å². The Bertz CT molecular complexity index is 561. The van der Waals surface area contributed by atoms with Crippen molar-refractivity contribution in [3.8, 4) is 0 Å². The van der Waals surface area contributed by atoms with E-state index >= 15 is 0 Å². The molecule has 2 aromatic rings. The molecule has 1 heterocycles. The van der Waals surface area contributed by atoms with Crippen LogP contribution in [0.5, 0.6) is 0 Å². The molecule has 1 aromatic heterocycles. The zero-order chi connectivity index (χ0) is 15.4. The molecule has 1 aromatic carbocycles. The Morgan fingerprint density at radius 3 is 2.38 bits per heavy atom. The zero-order valence-electron chi connectivity index (χ0n) is 13.6. The van der Waals surface area contributed by atoms with Crippen LogP contribution in [0.3, 0.4) is 0 Å². The average molecular weight is 303 g/mol. The largest absolute Gasteiger partial charge is 0.321 e. The van der Waals surface area contributed by atoms with Gasteiger partial charge in [-0.3, -0.25) is 0 Å². The second-order valence-electron chi connectivity index (χ2n) is 5.89. The van der Waals surface area contributed by atoms with Gasteiger partial charge in [-0.05, 0) is 18.1 Å². The molecule has 0 unspecified atom stereocenters. The van der Waals surface area contributed by atoms with Crippen molar-refractivity contribution in [3.05, 3.63) is 40.9 Å². The first-order valence-corrected chi connectivity index (χ1v) is 8.32. The Labute approximate surface area is 132 Å². The van der Waals surface area contributed by atoms with Crippen molar-refractivity contribution in [2.75, 3.05) is 11.9 Å². The van der Waals surface area contributed by atoms with Crippen molar-refractivity contribution in [1.82, 2.24) is 10.3 Å². The molecule has 3 nitrogen and oxygen atoms in total. The van der Waals surface area contributed by atoms with Crippen LogP contribution >= 0.6 is 11.3 Å². The van der Waals surface area contributed by atoms with E-state index in [4.69, 9.17) is 4.98 Å². The number of para-hydroxylation sites is 1. The van der Waals surface area contributed by atoms with E-state index in [9.17, 15) is 0 Å². The third-order valence-corrected chi connectivity index (χ3v) is 4.51. The number of benzene rings is 1. The molecule has 1 N–H and O–H groups in total. The van der Waals surface area contributed by atoms with Gasteiger partial charge in [-0.1, -0.05) is 57.2 Å². The predicted molar refractivity (Wildman–Crippen MR) is 92.7 cm³/mol. The molecule has 4 heteroatoms. The SMILES string of the molecule is CC(C)NCc1sc(N(C)c2ccccc2)nc1C(C)C. The molecule has 0 spiro atoms. The molecule has 0 fully saturated rings. The maximum absolute atomic E-state index is 4.87. The summed E-state index contributed by atoms with van der Waals surface area (Å²) in [5.74, 6) is 0.447. The smallest absolute Gasteiger partial charge is 0.190 e. The van der Waals surface area contributed by atoms with E-state index in [1.54, 1.807) is 11.3 Å². The summed E-state index contributed by atoms with van der Waals surface area (Å²) in [5, 5.41) is 4.56. The molecular weight excluding hydrogens is 278 g/mol. The summed E-state index contributed by atoms with van der Waals surface area (Å²) < 4.78 is 0. The van der Waals surface area contributed by atoms with E-state index in [0.717, 1.165) is 11.7 Å². The number of anilines is 2. The molecule has 0 amide bonds. The number of thiazole rings is 1. The van der Waals surface area contributed by atoms with Crippen molar-refractivity contribution in [2.45, 2.75) is 46.2 Å². The molecule has 0 radical (unpaired) electrons. The van der Waals surface area contributed by atoms with Crippen LogP contribution in [-0.2, 0) is 6.54 Å². The Morgan fingerprint density at radius 2 is 1.81 bits per heavy atom. The molecule has 0 saturated carbocycles. The monoisotopic (exact) mass is 303 g/mol. The Balaban J connectivity index is 2.26. The standard InChI is InChI=1S/C17H25N3S/c1-12(2)16-15(11-18-13(3)4)21-17(19-16)20(5)14-9-7-6-8-10-14/h6-10,12-13,18H,11H2,1-5H3. The molecule has 0 aliphatic carbocycles. The summed E-state index contributed by atoms with van der Waals surface area (Å²) in [4.78, 5) is 8.37. The van der Waals surface area contributed by atoms with E-state index < -0.39 is 0 Å². The number of nitrogens with zero attached hydrogens (tertiary/aromatic N) is 2. The lowest BCUT2D eigenvalue weighted by atomic mass is 10.1. The third kappa shape index (κ3) is 4.05. The number of hydrogen-bond acceptors (Lipinski definition) is 4. The molecule has 0 aliphatic heterocycles. The first-order chi connectivity index (χ1) is 9.99. The van der Waals surface area contributed by atoms with Gasteiger partial charge in [0.25, 0.3) is 0 Å². The third-order valence-electron chi connectivity index (χ3n) is 3.36. The lowest BCUT2D eigenvalue weighted by Crippen LogP contribution is -2.22. The molecule has 0 bridgehead atoms. The Morgan fingerprint density at radius 1 is 1.14 bits per heavy atom. The molecule has 2 rings (SSSR count). The predicted octanol–water partition coefficient (Wildman–Crippen LogP) is 4.53. The van der Waals surface area contributed by atoms with Crippen molar-refractivity contribution >= 4 is 22.2 Å². The molecular formula is C17H25N3S. The fourth-order valence-electron chi connectivity index (χ4n) is 2.13. The number of hydrogen-bond donors (Lipinski definition) is 1. The zero-order valence-corrected chi connectivity index (χ0v) is 14.4. The van der Waals surface area contributed by atoms with Gasteiger partial charge in [0, 0.05) is 30.2 Å². The van der Waals surface area contributed by atoms with E-state index in [1.807, 2.05) is 6.07 Å². The highest BCUT2D eigenvalue weighted by Crippen LogP contribution is 2.33. The van der Waals surface area contributed by atoms with Crippen LogP contribution in [0.15, 0.2) is 30.3 Å². The number of nitrogens with one attached hydrogen (secondary N) is 1. The lowest BCUT2D eigenvalue weighted by molar-refractivity contribution is 0.588. The van der Waals surface area contributed by atoms with Crippen LogP contribution in [0, 0.1) is 0 Å². The van der Waals surface area contributed by atoms with Gasteiger partial charge in [-0.2, -0.15) is 0 Å². The maximum Gasteiger partial charge on any atom is 0.190 e. The van der Waals surface area contributed by atoms with Gasteiger partial charge in [0.05, 0.1) is 5.69 Å². The Hall–Kier alpha value is -1.39. The van der Waals surface area contributed by atoms with E-state index in [-0.39, 0.29) is 0 Å². The highest BCUT2D eigenvalue weighted by Gasteiger charge is 2.17. The first-order valence-electron chi connectivity index (χ1n) is 7.50. The summed E-state index contributed by atoms with van der Waals surface area (Å²) in [6, 6.07) is 10.9. The molecule has 114 valence electrons. The molecule has 0 saturated heterocycles. The van der Waals surface area contributed by atoms with Crippen LogP contribution in [-0.4, -0.2) is 18.1 Å². The maximum atomic E-state index is 4.87. The fourth-order valence-corrected chi connectivity index (χ4v) is 3.28. The lowest BCUT2D eigenvalue weighted by Gasteiger charge is -2.15. The summed E-state index contributed by atoms with van der Waals surface area (Å²) in [6.45, 7) is 9.66. The van der Waals surface area contributed by atoms with Crippen molar-refractivity contribution < 1.29 is 0 Å². The quantitative estimate of drug-likeness (QED) is 0.849. The fraction of sp³-hybridized carbons (Fsp3) is 0.471. The van der Waals surface area contributed by atoms with Gasteiger partial charge < -0.3 is 10.2 Å². The second kappa shape index (κ2) is 7.05. The highest BCUT2D eigenvalue weighted by molar-refractivity contribution is 7.15. The first kappa shape index (κ1) is 16.0. The number of rotatable bonds is 6. The summed E-state index contributed by atoms with van der Waals surface area (Å²) in [7, 11) is 2.08. The van der Waals surface area contributed by atoms with Crippen molar-refractivity contribution in [3.63, 3.8) is 0 Å². The molecule has 0 atom stereocenters. The Kier molecular flexibility index (Phi) is 5.37. The van der Waals surface area contributed by atoms with Crippen LogP contribution in [0.25, 0.3) is 0 Å². The minimum atomic E-state index is 0.447. The van der Waals surface area contributed by atoms with Crippen LogP contribution < -0.4 is 10.2 Å². The van der Waals surface area contributed by atoms with Gasteiger partial charge >= 0.3 is 0 Å². The summed E-state index contributed by atoms with van der Waals surface area (Å²) in [5.41, 5.74) is 2.39. The van der Waals surface area contributed by atoms with E-state index in [2.05, 4.69) is 69.2 Å². The summed E-state index contributed by atoms with van der Waals surface area (Å²) >= 11 is 1.79. The normalized spacial score (nSPS) is 11.4. The van der Waals surface area contributed by atoms with Gasteiger partial charge in [-0.15, -0.1) is 0 Å². The van der Waals surface area contributed by atoms with Crippen molar-refractivity contribution in [1.29, 1.82) is 0 Å². The van der Waals surface area contributed by atoms with E-state index in [1.165, 1.54) is 16.3 Å². The second-order valence-corrected chi connectivity index (χ2v) is 6.95. The topological polar surface area (TPSA) is 28.2 Å². The average Bonchev–Trinajstić information content (AvgIpc) is 2.89. The minimum Gasteiger partial charge on any atom is -0.321 e. The van der Waals surface area contributed by atoms with Crippen LogP contribution in [0.1, 0.15) is 44.2 Å². The van der Waals surface area contributed by atoms with Gasteiger partial charge in [0.15, 0.2) is 5.13 Å². The molecule has 21 heavy (non-hydrogen) atoms. The van der Waals surface area contributed by atoms with Crippen LogP contribution in [0.2, 0.25) is 0 Å². The summed E-state index contributed by atoms with van der Waals surface area (Å²) in [6.07, 6.45) is 0. The molecule has 0 aliphatic rings. The van der Waals surface area contributed by atoms with Crippen molar-refractivity contribution in [2.24, 2.45) is 0 Å². The van der Waals surface area contributed by atoms with Gasteiger partial charge in [0.2, 0.25) is 0 Å². The minimum absolute atomic E-state index is 0.447. The van der Waals surface area contributed by atoms with Crippen LogP contribution in [0.4, 0.5) is 10.8 Å². The van der Waals surface area contributed by atoms with Gasteiger partial charge in [0.1, 0.15) is 0 Å². The number of aromatic nitrogens is 1.